The maximum absolute atomic E-state index is 12.7. The Morgan fingerprint density at radius 2 is 1.76 bits per heavy atom. The van der Waals surface area contributed by atoms with Crippen molar-refractivity contribution in [2.45, 2.75) is 31.2 Å². The molecule has 0 spiro atoms. The number of fused-ring (bicyclic) bond motifs is 1. The molecule has 1 aromatic carbocycles. The lowest BCUT2D eigenvalue weighted by Crippen LogP contribution is -2.49. The third-order valence-corrected chi connectivity index (χ3v) is 6.74. The summed E-state index contributed by atoms with van der Waals surface area (Å²) in [6.07, 6.45) is 0.635. The molecule has 2 aliphatic rings. The van der Waals surface area contributed by atoms with Gasteiger partial charge in [-0.3, -0.25) is 4.90 Å². The summed E-state index contributed by atoms with van der Waals surface area (Å²) in [4.78, 5) is 17.1. The molecule has 2 amide bonds. The van der Waals surface area contributed by atoms with Crippen LogP contribution in [0.25, 0.3) is 0 Å². The van der Waals surface area contributed by atoms with Gasteiger partial charge in [0.25, 0.3) is 10.0 Å². The first kappa shape index (κ1) is 18.2. The van der Waals surface area contributed by atoms with E-state index >= 15 is 0 Å². The van der Waals surface area contributed by atoms with Gasteiger partial charge in [0.05, 0.1) is 5.69 Å². The van der Waals surface area contributed by atoms with E-state index in [-0.39, 0.29) is 11.4 Å². The molecular weight excluding hydrogens is 340 g/mol. The standard InChI is InChI=1S/C17H26N4O3S/c1-14(2)20-12-10-19(11-13-20)8-5-9-21-17(22)18-15-6-3-4-7-16(15)25(21,23)24/h3-4,6-7,14H,5,8-13H2,1-2H3,(H,18,22). The summed E-state index contributed by atoms with van der Waals surface area (Å²) >= 11 is 0. The zero-order valence-electron chi connectivity index (χ0n) is 14.8. The van der Waals surface area contributed by atoms with E-state index in [9.17, 15) is 13.2 Å². The lowest BCUT2D eigenvalue weighted by molar-refractivity contribution is 0.107. The highest BCUT2D eigenvalue weighted by Gasteiger charge is 2.36. The van der Waals surface area contributed by atoms with E-state index in [0.29, 0.717) is 18.2 Å². The molecule has 7 nitrogen and oxygen atoms in total. The predicted molar refractivity (Wildman–Crippen MR) is 97.1 cm³/mol. The molecule has 2 aliphatic heterocycles. The van der Waals surface area contributed by atoms with E-state index in [2.05, 4.69) is 29.0 Å². The zero-order valence-corrected chi connectivity index (χ0v) is 15.6. The summed E-state index contributed by atoms with van der Waals surface area (Å²) in [5.74, 6) is 0. The van der Waals surface area contributed by atoms with Gasteiger partial charge in [0.1, 0.15) is 4.90 Å². The smallest absolute Gasteiger partial charge is 0.306 e. The summed E-state index contributed by atoms with van der Waals surface area (Å²) < 4.78 is 26.3. The second-order valence-electron chi connectivity index (χ2n) is 6.83. The van der Waals surface area contributed by atoms with Gasteiger partial charge in [-0.05, 0) is 38.9 Å². The molecule has 1 saturated heterocycles. The Bertz CT molecular complexity index is 727. The minimum atomic E-state index is -3.76. The Morgan fingerprint density at radius 3 is 2.44 bits per heavy atom. The van der Waals surface area contributed by atoms with Crippen LogP contribution in [0.1, 0.15) is 20.3 Å². The maximum atomic E-state index is 12.7. The summed E-state index contributed by atoms with van der Waals surface area (Å²) in [5, 5.41) is 2.66. The van der Waals surface area contributed by atoms with Crippen LogP contribution in [0.3, 0.4) is 0 Å². The van der Waals surface area contributed by atoms with Gasteiger partial charge in [-0.1, -0.05) is 12.1 Å². The maximum Gasteiger partial charge on any atom is 0.335 e. The minimum absolute atomic E-state index is 0.167. The van der Waals surface area contributed by atoms with Gasteiger partial charge in [-0.25, -0.2) is 17.5 Å². The number of rotatable bonds is 5. The highest BCUT2D eigenvalue weighted by molar-refractivity contribution is 7.90. The fourth-order valence-electron chi connectivity index (χ4n) is 3.36. The lowest BCUT2D eigenvalue weighted by Gasteiger charge is -2.37. The van der Waals surface area contributed by atoms with Gasteiger partial charge in [-0.15, -0.1) is 0 Å². The van der Waals surface area contributed by atoms with Crippen LogP contribution >= 0.6 is 0 Å². The number of amides is 2. The van der Waals surface area contributed by atoms with Crippen LogP contribution in [0.5, 0.6) is 0 Å². The number of para-hydroxylation sites is 1. The Balaban J connectivity index is 1.56. The van der Waals surface area contributed by atoms with Crippen molar-refractivity contribution in [2.75, 3.05) is 44.6 Å². The lowest BCUT2D eigenvalue weighted by atomic mass is 10.2. The number of benzene rings is 1. The van der Waals surface area contributed by atoms with Crippen LogP contribution in [0, 0.1) is 0 Å². The molecule has 25 heavy (non-hydrogen) atoms. The van der Waals surface area contributed by atoms with E-state index in [1.807, 2.05) is 0 Å². The van der Waals surface area contributed by atoms with Crippen molar-refractivity contribution in [3.8, 4) is 0 Å². The van der Waals surface area contributed by atoms with Crippen molar-refractivity contribution in [3.05, 3.63) is 24.3 Å². The van der Waals surface area contributed by atoms with Crippen LogP contribution in [0.15, 0.2) is 29.2 Å². The third kappa shape index (κ3) is 3.80. The number of hydrogen-bond donors (Lipinski definition) is 1. The molecule has 8 heteroatoms. The number of piperazine rings is 1. The van der Waals surface area contributed by atoms with E-state index in [0.717, 1.165) is 37.0 Å². The first-order valence-electron chi connectivity index (χ1n) is 8.79. The summed E-state index contributed by atoms with van der Waals surface area (Å²) in [7, 11) is -3.76. The molecule has 2 heterocycles. The van der Waals surface area contributed by atoms with E-state index in [1.54, 1.807) is 18.2 Å². The second-order valence-corrected chi connectivity index (χ2v) is 8.66. The Labute approximate surface area is 149 Å². The molecule has 0 aliphatic carbocycles. The SMILES string of the molecule is CC(C)N1CCN(CCCN2C(=O)Nc3ccccc3S2(=O)=O)CC1. The average Bonchev–Trinajstić information content (AvgIpc) is 2.58. The highest BCUT2D eigenvalue weighted by atomic mass is 32.2. The Hall–Kier alpha value is -1.64. The monoisotopic (exact) mass is 366 g/mol. The normalized spacial score (nSPS) is 21.2. The van der Waals surface area contributed by atoms with Gasteiger partial charge in [0, 0.05) is 38.8 Å². The van der Waals surface area contributed by atoms with Crippen LogP contribution in [0.2, 0.25) is 0 Å². The van der Waals surface area contributed by atoms with Crippen LogP contribution < -0.4 is 5.32 Å². The molecule has 0 aromatic heterocycles. The number of nitrogens with one attached hydrogen (secondary N) is 1. The molecule has 138 valence electrons. The van der Waals surface area contributed by atoms with Crippen molar-refractivity contribution in [1.82, 2.24) is 14.1 Å². The number of nitrogens with zero attached hydrogens (tertiary/aromatic N) is 3. The van der Waals surface area contributed by atoms with Crippen LogP contribution in [0.4, 0.5) is 10.5 Å². The average molecular weight is 366 g/mol. The van der Waals surface area contributed by atoms with Gasteiger partial charge in [-0.2, -0.15) is 0 Å². The van der Waals surface area contributed by atoms with E-state index in [1.165, 1.54) is 6.07 Å². The Morgan fingerprint density at radius 1 is 1.08 bits per heavy atom. The van der Waals surface area contributed by atoms with E-state index < -0.39 is 16.1 Å². The van der Waals surface area contributed by atoms with Crippen molar-refractivity contribution >= 4 is 21.7 Å². The number of carbonyl (C=O) groups is 1. The van der Waals surface area contributed by atoms with Crippen LogP contribution in [-0.2, 0) is 10.0 Å². The number of urea groups is 1. The fraction of sp³-hybridized carbons (Fsp3) is 0.588. The number of carbonyl (C=O) groups excluding carboxylic acids is 1. The number of anilines is 1. The molecule has 1 N–H and O–H groups in total. The molecule has 1 fully saturated rings. The number of hydrogen-bond acceptors (Lipinski definition) is 5. The summed E-state index contributed by atoms with van der Waals surface area (Å²) in [6.45, 7) is 9.45. The fourth-order valence-corrected chi connectivity index (χ4v) is 4.88. The molecule has 0 bridgehead atoms. The molecule has 0 radical (unpaired) electrons. The molecular formula is C17H26N4O3S. The largest absolute Gasteiger partial charge is 0.335 e. The van der Waals surface area contributed by atoms with Gasteiger partial charge >= 0.3 is 6.03 Å². The van der Waals surface area contributed by atoms with Gasteiger partial charge in [0.15, 0.2) is 0 Å². The summed E-state index contributed by atoms with van der Waals surface area (Å²) in [5.41, 5.74) is 0.355. The topological polar surface area (TPSA) is 73.0 Å². The van der Waals surface area contributed by atoms with Gasteiger partial charge < -0.3 is 10.2 Å². The zero-order chi connectivity index (χ0) is 18.0. The van der Waals surface area contributed by atoms with Crippen LogP contribution in [-0.4, -0.2) is 73.9 Å². The Kier molecular flexibility index (Phi) is 5.31. The quantitative estimate of drug-likeness (QED) is 0.858. The van der Waals surface area contributed by atoms with Gasteiger partial charge in [0.2, 0.25) is 0 Å². The first-order valence-corrected chi connectivity index (χ1v) is 10.2. The van der Waals surface area contributed by atoms with Crippen molar-refractivity contribution in [1.29, 1.82) is 0 Å². The third-order valence-electron chi connectivity index (χ3n) is 4.90. The second kappa shape index (κ2) is 7.31. The van der Waals surface area contributed by atoms with E-state index in [4.69, 9.17) is 0 Å². The van der Waals surface area contributed by atoms with Crippen molar-refractivity contribution in [3.63, 3.8) is 0 Å². The molecule has 0 unspecified atom stereocenters. The molecule has 1 aromatic rings. The van der Waals surface area contributed by atoms with Crippen molar-refractivity contribution < 1.29 is 13.2 Å². The number of sulfonamides is 1. The summed E-state index contributed by atoms with van der Waals surface area (Å²) in [6, 6.07) is 6.51. The molecule has 0 atom stereocenters. The predicted octanol–water partition coefficient (Wildman–Crippen LogP) is 1.64. The first-order chi connectivity index (χ1) is 11.9. The van der Waals surface area contributed by atoms with Crippen molar-refractivity contribution in [2.24, 2.45) is 0 Å². The molecule has 3 rings (SSSR count). The highest BCUT2D eigenvalue weighted by Crippen LogP contribution is 2.29. The molecule has 0 saturated carbocycles. The minimum Gasteiger partial charge on any atom is -0.306 e.